The molecule has 1 saturated heterocycles. The average molecular weight is 382 g/mol. The van der Waals surface area contributed by atoms with Crippen molar-refractivity contribution in [1.29, 1.82) is 0 Å². The van der Waals surface area contributed by atoms with Crippen LogP contribution in [0.15, 0.2) is 48.5 Å². The molecule has 1 fully saturated rings. The Balaban J connectivity index is 1.47. The molecule has 5 heteroatoms. The molecule has 1 atom stereocenters. The van der Waals surface area contributed by atoms with E-state index in [0.29, 0.717) is 19.8 Å². The zero-order chi connectivity index (χ0) is 19.6. The third-order valence-corrected chi connectivity index (χ3v) is 6.37. The summed E-state index contributed by atoms with van der Waals surface area (Å²) in [7, 11) is 1.87. The minimum absolute atomic E-state index is 0.0605. The van der Waals surface area contributed by atoms with E-state index in [4.69, 9.17) is 4.74 Å². The molecule has 2 aliphatic rings. The highest BCUT2D eigenvalue weighted by Crippen LogP contribution is 2.36. The summed E-state index contributed by atoms with van der Waals surface area (Å²) in [5, 5.41) is 3.15. The van der Waals surface area contributed by atoms with Gasteiger partial charge in [-0.1, -0.05) is 36.4 Å². The first-order valence-corrected chi connectivity index (χ1v) is 10.0. The van der Waals surface area contributed by atoms with Crippen LogP contribution in [-0.4, -0.2) is 37.7 Å². The summed E-state index contributed by atoms with van der Waals surface area (Å²) in [6.45, 7) is 1.83. The van der Waals surface area contributed by atoms with Gasteiger partial charge in [0.25, 0.3) is 0 Å². The number of amides is 2. The number of fused-ring (bicyclic) bond motifs is 1. The van der Waals surface area contributed by atoms with Gasteiger partial charge in [-0.25, -0.2) is 9.18 Å². The number of hydrogen-bond acceptors (Lipinski definition) is 2. The number of rotatable bonds is 4. The van der Waals surface area contributed by atoms with Gasteiger partial charge in [0.1, 0.15) is 5.82 Å². The van der Waals surface area contributed by atoms with Gasteiger partial charge in [0.2, 0.25) is 0 Å². The Morgan fingerprint density at radius 1 is 1.18 bits per heavy atom. The van der Waals surface area contributed by atoms with Gasteiger partial charge in [-0.05, 0) is 54.5 Å². The molecule has 4 nitrogen and oxygen atoms in total. The monoisotopic (exact) mass is 382 g/mol. The lowest BCUT2D eigenvalue weighted by molar-refractivity contribution is 0.0500. The molecule has 4 rings (SSSR count). The number of carbonyl (C=O) groups excluding carboxylic acids is 1. The quantitative estimate of drug-likeness (QED) is 0.861. The maximum Gasteiger partial charge on any atom is 0.317 e. The van der Waals surface area contributed by atoms with Crippen molar-refractivity contribution in [2.45, 2.75) is 37.1 Å². The molecular weight excluding hydrogens is 355 g/mol. The van der Waals surface area contributed by atoms with Crippen LogP contribution >= 0.6 is 0 Å². The van der Waals surface area contributed by atoms with Gasteiger partial charge >= 0.3 is 6.03 Å². The largest absolute Gasteiger partial charge is 0.381 e. The van der Waals surface area contributed by atoms with Gasteiger partial charge in [0.15, 0.2) is 0 Å². The number of aryl methyl sites for hydroxylation is 1. The fourth-order valence-electron chi connectivity index (χ4n) is 4.58. The topological polar surface area (TPSA) is 41.6 Å². The van der Waals surface area contributed by atoms with Crippen LogP contribution in [-0.2, 0) is 16.6 Å². The molecule has 0 spiro atoms. The fraction of sp³-hybridized carbons (Fsp3) is 0.435. The number of ether oxygens (including phenoxy) is 1. The third kappa shape index (κ3) is 3.63. The molecule has 0 radical (unpaired) electrons. The molecule has 0 saturated carbocycles. The first-order chi connectivity index (χ1) is 13.6. The Hall–Kier alpha value is -2.40. The smallest absolute Gasteiger partial charge is 0.317 e. The first-order valence-electron chi connectivity index (χ1n) is 10.0. The van der Waals surface area contributed by atoms with E-state index in [1.807, 2.05) is 30.1 Å². The summed E-state index contributed by atoms with van der Waals surface area (Å²) in [5.41, 5.74) is 3.43. The van der Waals surface area contributed by atoms with E-state index in [2.05, 4.69) is 23.5 Å². The fourth-order valence-corrected chi connectivity index (χ4v) is 4.58. The lowest BCUT2D eigenvalue weighted by Crippen LogP contribution is -2.48. The van der Waals surface area contributed by atoms with E-state index < -0.39 is 0 Å². The maximum atomic E-state index is 13.4. The van der Waals surface area contributed by atoms with Crippen molar-refractivity contribution in [3.8, 4) is 0 Å². The number of hydrogen-bond donors (Lipinski definition) is 1. The normalized spacial score (nSPS) is 20.4. The van der Waals surface area contributed by atoms with Crippen molar-refractivity contribution in [1.82, 2.24) is 10.2 Å². The summed E-state index contributed by atoms with van der Waals surface area (Å²) in [5.74, 6) is -0.241. The highest BCUT2D eigenvalue weighted by Gasteiger charge is 2.36. The number of benzene rings is 2. The molecular formula is C23H27FN2O2. The maximum absolute atomic E-state index is 13.4. The lowest BCUT2D eigenvalue weighted by atomic mass is 9.74. The highest BCUT2D eigenvalue weighted by molar-refractivity contribution is 5.75. The second-order valence-corrected chi connectivity index (χ2v) is 7.92. The van der Waals surface area contributed by atoms with E-state index in [0.717, 1.165) is 31.2 Å². The molecule has 0 aromatic heterocycles. The number of carbonyl (C=O) groups is 1. The zero-order valence-electron chi connectivity index (χ0n) is 16.3. The molecule has 1 aliphatic heterocycles. The van der Waals surface area contributed by atoms with Crippen molar-refractivity contribution in [2.24, 2.45) is 0 Å². The van der Waals surface area contributed by atoms with Gasteiger partial charge in [0.05, 0.1) is 6.04 Å². The Kier molecular flexibility index (Phi) is 5.36. The van der Waals surface area contributed by atoms with Crippen LogP contribution in [0.3, 0.4) is 0 Å². The molecule has 1 heterocycles. The Morgan fingerprint density at radius 3 is 2.64 bits per heavy atom. The van der Waals surface area contributed by atoms with Crippen LogP contribution in [0.25, 0.3) is 0 Å². The summed E-state index contributed by atoms with van der Waals surface area (Å²) >= 11 is 0. The van der Waals surface area contributed by atoms with Crippen molar-refractivity contribution < 1.29 is 13.9 Å². The number of urea groups is 1. The van der Waals surface area contributed by atoms with Gasteiger partial charge in [-0.15, -0.1) is 0 Å². The molecule has 0 unspecified atom stereocenters. The molecule has 0 bridgehead atoms. The summed E-state index contributed by atoms with van der Waals surface area (Å²) in [6, 6.07) is 15.1. The Morgan fingerprint density at radius 2 is 1.89 bits per heavy atom. The standard InChI is InChI=1S/C23H27FN2O2/c1-26(21-11-6-17-4-2-3-5-20(17)21)22(27)25-16-23(12-14-28-15-13-23)18-7-9-19(24)10-8-18/h2-5,7-10,21H,6,11-16H2,1H3,(H,25,27)/t21-/m1/s1. The van der Waals surface area contributed by atoms with Crippen LogP contribution in [0.2, 0.25) is 0 Å². The van der Waals surface area contributed by atoms with E-state index >= 15 is 0 Å². The third-order valence-electron chi connectivity index (χ3n) is 6.37. The van der Waals surface area contributed by atoms with Crippen LogP contribution < -0.4 is 5.32 Å². The van der Waals surface area contributed by atoms with E-state index in [1.165, 1.54) is 23.3 Å². The Bertz CT molecular complexity index is 831. The van der Waals surface area contributed by atoms with Crippen LogP contribution in [0.5, 0.6) is 0 Å². The minimum atomic E-state index is -0.241. The van der Waals surface area contributed by atoms with Gasteiger partial charge in [-0.2, -0.15) is 0 Å². The van der Waals surface area contributed by atoms with Crippen LogP contribution in [0.4, 0.5) is 9.18 Å². The van der Waals surface area contributed by atoms with Gasteiger partial charge < -0.3 is 15.0 Å². The molecule has 1 aliphatic carbocycles. The number of nitrogens with zero attached hydrogens (tertiary/aromatic N) is 1. The predicted octanol–water partition coefficient (Wildman–Crippen LogP) is 4.20. The van der Waals surface area contributed by atoms with Crippen molar-refractivity contribution in [3.63, 3.8) is 0 Å². The van der Waals surface area contributed by atoms with E-state index in [1.54, 1.807) is 0 Å². The lowest BCUT2D eigenvalue weighted by Gasteiger charge is -2.38. The van der Waals surface area contributed by atoms with Crippen LogP contribution in [0, 0.1) is 5.82 Å². The Labute approximate surface area is 165 Å². The summed E-state index contributed by atoms with van der Waals surface area (Å²) in [6.07, 6.45) is 3.60. The summed E-state index contributed by atoms with van der Waals surface area (Å²) < 4.78 is 18.9. The summed E-state index contributed by atoms with van der Waals surface area (Å²) in [4.78, 5) is 14.8. The second kappa shape index (κ2) is 7.92. The predicted molar refractivity (Wildman–Crippen MR) is 107 cm³/mol. The average Bonchev–Trinajstić information content (AvgIpc) is 3.17. The number of halogens is 1. The molecule has 2 aromatic rings. The molecule has 28 heavy (non-hydrogen) atoms. The van der Waals surface area contributed by atoms with E-state index in [9.17, 15) is 9.18 Å². The first kappa shape index (κ1) is 18.9. The van der Waals surface area contributed by atoms with Crippen molar-refractivity contribution in [3.05, 3.63) is 71.0 Å². The molecule has 2 aromatic carbocycles. The molecule has 148 valence electrons. The highest BCUT2D eigenvalue weighted by atomic mass is 19.1. The zero-order valence-corrected chi connectivity index (χ0v) is 16.3. The minimum Gasteiger partial charge on any atom is -0.381 e. The van der Waals surface area contributed by atoms with Crippen molar-refractivity contribution in [2.75, 3.05) is 26.8 Å². The SMILES string of the molecule is CN(C(=O)NCC1(c2ccc(F)cc2)CCOCC1)[C@@H]1CCc2ccccc21. The number of nitrogens with one attached hydrogen (secondary N) is 1. The second-order valence-electron chi connectivity index (χ2n) is 7.92. The van der Waals surface area contributed by atoms with E-state index in [-0.39, 0.29) is 23.3 Å². The van der Waals surface area contributed by atoms with Gasteiger partial charge in [-0.3, -0.25) is 0 Å². The molecule has 2 amide bonds. The molecule has 1 N–H and O–H groups in total. The van der Waals surface area contributed by atoms with Crippen molar-refractivity contribution >= 4 is 6.03 Å². The van der Waals surface area contributed by atoms with Gasteiger partial charge in [0, 0.05) is 32.2 Å². The van der Waals surface area contributed by atoms with Crippen LogP contribution in [0.1, 0.15) is 42.0 Å².